The minimum absolute atomic E-state index is 0.0768. The zero-order valence-corrected chi connectivity index (χ0v) is 14.1. The predicted molar refractivity (Wildman–Crippen MR) is 86.4 cm³/mol. The Hall–Kier alpha value is -1.09. The van der Waals surface area contributed by atoms with Crippen LogP contribution in [-0.4, -0.2) is 14.0 Å². The third-order valence-corrected chi connectivity index (χ3v) is 4.84. The molecule has 0 unspecified atom stereocenters. The second-order valence-electron chi connectivity index (χ2n) is 7.42. The molecule has 0 saturated heterocycles. The lowest BCUT2D eigenvalue weighted by molar-refractivity contribution is -0.123. The van der Waals surface area contributed by atoms with Gasteiger partial charge in [-0.3, -0.25) is 4.79 Å². The smallest absolute Gasteiger partial charge is 0.229 e. The number of amides is 1. The van der Waals surface area contributed by atoms with Crippen LogP contribution in [0.15, 0.2) is 24.3 Å². The Balaban J connectivity index is 2.82. The summed E-state index contributed by atoms with van der Waals surface area (Å²) in [4.78, 5) is 12.1. The number of carbonyl (C=O) groups is 1. The van der Waals surface area contributed by atoms with Crippen molar-refractivity contribution < 1.29 is 4.79 Å². The van der Waals surface area contributed by atoms with Gasteiger partial charge in [0.15, 0.2) is 0 Å². The van der Waals surface area contributed by atoms with Gasteiger partial charge in [0.25, 0.3) is 0 Å². The topological polar surface area (TPSA) is 29.1 Å². The van der Waals surface area contributed by atoms with Crippen molar-refractivity contribution in [3.8, 4) is 0 Å². The highest BCUT2D eigenvalue weighted by Gasteiger charge is 2.22. The highest BCUT2D eigenvalue weighted by molar-refractivity contribution is 6.76. The molecule has 0 heterocycles. The molecule has 19 heavy (non-hydrogen) atoms. The fourth-order valence-corrected chi connectivity index (χ4v) is 2.70. The summed E-state index contributed by atoms with van der Waals surface area (Å²) in [6, 6.07) is 9.40. The van der Waals surface area contributed by atoms with E-state index in [0.717, 1.165) is 12.1 Å². The van der Waals surface area contributed by atoms with E-state index in [9.17, 15) is 4.79 Å². The molecule has 1 N–H and O–H groups in total. The first-order valence-electron chi connectivity index (χ1n) is 6.99. The molecule has 0 saturated carbocycles. The number of para-hydroxylation sites is 1. The Bertz CT molecular complexity index is 441. The normalized spacial score (nSPS) is 12.3. The fraction of sp³-hybridized carbons (Fsp3) is 0.562. The SMILES string of the molecule is CC(C)(C)C(=O)Nc1ccccc1CC[Si](C)(C)C. The minimum atomic E-state index is -1.05. The monoisotopic (exact) mass is 277 g/mol. The first-order valence-corrected chi connectivity index (χ1v) is 10.7. The average Bonchev–Trinajstić information content (AvgIpc) is 2.25. The minimum Gasteiger partial charge on any atom is -0.325 e. The Morgan fingerprint density at radius 1 is 1.16 bits per heavy atom. The highest BCUT2D eigenvalue weighted by Crippen LogP contribution is 2.23. The Labute approximate surface area is 118 Å². The molecule has 0 bridgehead atoms. The molecule has 0 radical (unpaired) electrons. The van der Waals surface area contributed by atoms with Crippen LogP contribution in [0.2, 0.25) is 25.7 Å². The first-order chi connectivity index (χ1) is 8.59. The zero-order chi connectivity index (χ0) is 14.7. The first kappa shape index (κ1) is 16.0. The molecule has 1 aromatic carbocycles. The van der Waals surface area contributed by atoms with E-state index in [0.29, 0.717) is 0 Å². The number of hydrogen-bond acceptors (Lipinski definition) is 1. The van der Waals surface area contributed by atoms with E-state index in [1.165, 1.54) is 11.6 Å². The quantitative estimate of drug-likeness (QED) is 0.804. The van der Waals surface area contributed by atoms with Crippen molar-refractivity contribution in [3.05, 3.63) is 29.8 Å². The maximum absolute atomic E-state index is 12.1. The van der Waals surface area contributed by atoms with Gasteiger partial charge in [0.1, 0.15) is 0 Å². The largest absolute Gasteiger partial charge is 0.325 e. The molecule has 106 valence electrons. The van der Waals surface area contributed by atoms with Gasteiger partial charge in [-0.15, -0.1) is 0 Å². The van der Waals surface area contributed by atoms with Crippen LogP contribution < -0.4 is 5.32 Å². The lowest BCUT2D eigenvalue weighted by Gasteiger charge is -2.21. The van der Waals surface area contributed by atoms with Gasteiger partial charge in [0.05, 0.1) is 0 Å². The van der Waals surface area contributed by atoms with Crippen LogP contribution >= 0.6 is 0 Å². The maximum Gasteiger partial charge on any atom is 0.229 e. The van der Waals surface area contributed by atoms with Crippen LogP contribution in [0.4, 0.5) is 5.69 Å². The third-order valence-electron chi connectivity index (χ3n) is 3.09. The molecule has 3 heteroatoms. The van der Waals surface area contributed by atoms with Crippen molar-refractivity contribution in [3.63, 3.8) is 0 Å². The van der Waals surface area contributed by atoms with E-state index in [1.54, 1.807) is 0 Å². The van der Waals surface area contributed by atoms with Crippen molar-refractivity contribution >= 4 is 19.7 Å². The van der Waals surface area contributed by atoms with Crippen LogP contribution in [0.3, 0.4) is 0 Å². The molecule has 0 spiro atoms. The molecular formula is C16H27NOSi. The van der Waals surface area contributed by atoms with Crippen molar-refractivity contribution in [1.29, 1.82) is 0 Å². The number of benzene rings is 1. The number of carbonyl (C=O) groups excluding carboxylic acids is 1. The molecule has 0 aliphatic rings. The molecule has 0 fully saturated rings. The molecular weight excluding hydrogens is 250 g/mol. The van der Waals surface area contributed by atoms with E-state index < -0.39 is 8.07 Å². The van der Waals surface area contributed by atoms with Crippen molar-refractivity contribution in [2.45, 2.75) is 52.9 Å². The van der Waals surface area contributed by atoms with E-state index in [-0.39, 0.29) is 11.3 Å². The summed E-state index contributed by atoms with van der Waals surface area (Å²) in [7, 11) is -1.05. The second kappa shape index (κ2) is 5.91. The standard InChI is InChI=1S/C16H27NOSi/c1-16(2,3)15(18)17-14-10-8-7-9-13(14)11-12-19(4,5)6/h7-10H,11-12H2,1-6H3,(H,17,18). The number of nitrogens with one attached hydrogen (secondary N) is 1. The Kier molecular flexibility index (Phi) is 4.96. The van der Waals surface area contributed by atoms with Crippen molar-refractivity contribution in [2.75, 3.05) is 5.32 Å². The molecule has 1 amide bonds. The van der Waals surface area contributed by atoms with Gasteiger partial charge in [-0.05, 0) is 18.1 Å². The summed E-state index contributed by atoms with van der Waals surface area (Å²) < 4.78 is 0. The molecule has 1 rings (SSSR count). The molecule has 0 atom stereocenters. The van der Waals surface area contributed by atoms with Crippen LogP contribution in [0.5, 0.6) is 0 Å². The summed E-state index contributed by atoms with van der Waals surface area (Å²) >= 11 is 0. The average molecular weight is 277 g/mol. The van der Waals surface area contributed by atoms with Gasteiger partial charge in [0.2, 0.25) is 5.91 Å². The number of hydrogen-bond donors (Lipinski definition) is 1. The van der Waals surface area contributed by atoms with Gasteiger partial charge in [-0.25, -0.2) is 0 Å². The van der Waals surface area contributed by atoms with Gasteiger partial charge in [0, 0.05) is 19.2 Å². The number of rotatable bonds is 4. The van der Waals surface area contributed by atoms with Crippen LogP contribution in [0.1, 0.15) is 26.3 Å². The van der Waals surface area contributed by atoms with E-state index >= 15 is 0 Å². The second-order valence-corrected chi connectivity index (χ2v) is 13.0. The maximum atomic E-state index is 12.1. The molecule has 0 aromatic heterocycles. The molecule has 0 aliphatic carbocycles. The van der Waals surface area contributed by atoms with Crippen molar-refractivity contribution in [2.24, 2.45) is 5.41 Å². The van der Waals surface area contributed by atoms with Crippen molar-refractivity contribution in [1.82, 2.24) is 0 Å². The lowest BCUT2D eigenvalue weighted by Crippen LogP contribution is -2.28. The summed E-state index contributed by atoms with van der Waals surface area (Å²) in [6.07, 6.45) is 1.05. The Morgan fingerprint density at radius 3 is 2.26 bits per heavy atom. The number of anilines is 1. The molecule has 2 nitrogen and oxygen atoms in total. The van der Waals surface area contributed by atoms with E-state index in [1.807, 2.05) is 39.0 Å². The summed E-state index contributed by atoms with van der Waals surface area (Å²) in [6.45, 7) is 12.9. The lowest BCUT2D eigenvalue weighted by atomic mass is 9.95. The summed E-state index contributed by atoms with van der Waals surface area (Å²) in [5.74, 6) is 0.0768. The number of aryl methyl sites for hydroxylation is 1. The van der Waals surface area contributed by atoms with Crippen LogP contribution in [-0.2, 0) is 11.2 Å². The van der Waals surface area contributed by atoms with E-state index in [2.05, 4.69) is 31.0 Å². The molecule has 1 aromatic rings. The van der Waals surface area contributed by atoms with E-state index in [4.69, 9.17) is 0 Å². The van der Waals surface area contributed by atoms with Gasteiger partial charge in [-0.1, -0.05) is 64.7 Å². The van der Waals surface area contributed by atoms with Crippen LogP contribution in [0, 0.1) is 5.41 Å². The van der Waals surface area contributed by atoms with Gasteiger partial charge >= 0.3 is 0 Å². The summed E-state index contributed by atoms with van der Waals surface area (Å²) in [5.41, 5.74) is 1.87. The van der Waals surface area contributed by atoms with Crippen LogP contribution in [0.25, 0.3) is 0 Å². The Morgan fingerprint density at radius 2 is 1.74 bits per heavy atom. The highest BCUT2D eigenvalue weighted by atomic mass is 28.3. The third kappa shape index (κ3) is 5.60. The fourth-order valence-electron chi connectivity index (χ4n) is 1.68. The molecule has 0 aliphatic heterocycles. The van der Waals surface area contributed by atoms with Gasteiger partial charge < -0.3 is 5.32 Å². The zero-order valence-electron chi connectivity index (χ0n) is 13.1. The predicted octanol–water partition coefficient (Wildman–Crippen LogP) is 4.55. The summed E-state index contributed by atoms with van der Waals surface area (Å²) in [5, 5.41) is 3.06. The van der Waals surface area contributed by atoms with Gasteiger partial charge in [-0.2, -0.15) is 0 Å².